The summed E-state index contributed by atoms with van der Waals surface area (Å²) < 4.78 is 1.89. The first kappa shape index (κ1) is 11.0. The molecule has 5 heteroatoms. The van der Waals surface area contributed by atoms with Gasteiger partial charge in [-0.05, 0) is 18.2 Å². The summed E-state index contributed by atoms with van der Waals surface area (Å²) in [6, 6.07) is 5.66. The Morgan fingerprint density at radius 1 is 1.31 bits per heavy atom. The fourth-order valence-corrected chi connectivity index (χ4v) is 2.13. The van der Waals surface area contributed by atoms with Crippen LogP contribution >= 0.6 is 43.5 Å². The van der Waals surface area contributed by atoms with Gasteiger partial charge in [-0.1, -0.05) is 31.9 Å². The molecule has 0 radical (unpaired) electrons. The summed E-state index contributed by atoms with van der Waals surface area (Å²) >= 11 is 12.2. The van der Waals surface area contributed by atoms with Crippen molar-refractivity contribution in [2.75, 3.05) is 5.88 Å². The zero-order valence-electron chi connectivity index (χ0n) is 6.60. The number of alkyl halides is 1. The smallest absolute Gasteiger partial charge is 0.115 e. The fraction of sp³-hybridized carbons (Fsp3) is 0.125. The van der Waals surface area contributed by atoms with Crippen LogP contribution in [0.1, 0.15) is 0 Å². The molecule has 0 spiro atoms. The molecule has 0 aliphatic carbocycles. The van der Waals surface area contributed by atoms with Gasteiger partial charge in [-0.15, -0.1) is 11.6 Å². The Kier molecular flexibility index (Phi) is 4.22. The molecule has 70 valence electrons. The average molecular weight is 326 g/mol. The molecule has 1 aromatic rings. The Morgan fingerprint density at radius 3 is 2.31 bits per heavy atom. The maximum absolute atomic E-state index is 5.50. The highest BCUT2D eigenvalue weighted by Gasteiger charge is 1.96. The summed E-state index contributed by atoms with van der Waals surface area (Å²) in [6.45, 7) is 0. The number of hydrogen-bond donors (Lipinski definition) is 1. The Labute approximate surface area is 98.4 Å². The molecule has 1 aromatic carbocycles. The lowest BCUT2D eigenvalue weighted by Gasteiger charge is -1.98. The lowest BCUT2D eigenvalue weighted by molar-refractivity contribution is 1.43. The minimum Gasteiger partial charge on any atom is -0.386 e. The Morgan fingerprint density at radius 2 is 1.85 bits per heavy atom. The molecular weight excluding hydrogens is 319 g/mol. The molecule has 0 heterocycles. The molecule has 0 saturated heterocycles. The molecule has 1 rings (SSSR count). The Balaban J connectivity index is 3.02. The number of amidine groups is 1. The van der Waals surface area contributed by atoms with Crippen molar-refractivity contribution in [3.63, 3.8) is 0 Å². The quantitative estimate of drug-likeness (QED) is 0.505. The summed E-state index contributed by atoms with van der Waals surface area (Å²) in [5.74, 6) is 0.649. The van der Waals surface area contributed by atoms with E-state index in [1.54, 1.807) is 0 Å². The summed E-state index contributed by atoms with van der Waals surface area (Å²) in [6.07, 6.45) is 0. The van der Waals surface area contributed by atoms with Crippen LogP contribution < -0.4 is 5.73 Å². The van der Waals surface area contributed by atoms with Crippen LogP contribution in [0.25, 0.3) is 0 Å². The largest absolute Gasteiger partial charge is 0.386 e. The van der Waals surface area contributed by atoms with Crippen LogP contribution in [0.15, 0.2) is 32.1 Å². The van der Waals surface area contributed by atoms with E-state index in [1.165, 1.54) is 0 Å². The van der Waals surface area contributed by atoms with Gasteiger partial charge in [0, 0.05) is 8.95 Å². The van der Waals surface area contributed by atoms with E-state index in [1.807, 2.05) is 18.2 Å². The lowest BCUT2D eigenvalue weighted by atomic mass is 10.3. The summed E-state index contributed by atoms with van der Waals surface area (Å²) in [7, 11) is 0. The molecule has 0 bridgehead atoms. The van der Waals surface area contributed by atoms with Gasteiger partial charge in [-0.2, -0.15) is 0 Å². The van der Waals surface area contributed by atoms with Crippen LogP contribution in [0.2, 0.25) is 0 Å². The van der Waals surface area contributed by atoms with Gasteiger partial charge in [0.05, 0.1) is 11.6 Å². The van der Waals surface area contributed by atoms with Gasteiger partial charge in [0.25, 0.3) is 0 Å². The van der Waals surface area contributed by atoms with Gasteiger partial charge in [-0.25, -0.2) is 4.99 Å². The zero-order valence-corrected chi connectivity index (χ0v) is 10.5. The molecule has 13 heavy (non-hydrogen) atoms. The molecule has 0 unspecified atom stereocenters. The maximum Gasteiger partial charge on any atom is 0.115 e. The maximum atomic E-state index is 5.50. The molecule has 0 atom stereocenters. The lowest BCUT2D eigenvalue weighted by Crippen LogP contribution is -2.12. The second-order valence-corrected chi connectivity index (χ2v) is 4.46. The molecule has 0 saturated carbocycles. The molecule has 0 fully saturated rings. The van der Waals surface area contributed by atoms with Crippen LogP contribution in [-0.2, 0) is 0 Å². The number of hydrogen-bond acceptors (Lipinski definition) is 1. The average Bonchev–Trinajstić information content (AvgIpc) is 2.02. The van der Waals surface area contributed by atoms with Crippen molar-refractivity contribution >= 4 is 55.0 Å². The predicted molar refractivity (Wildman–Crippen MR) is 63.8 cm³/mol. The van der Waals surface area contributed by atoms with Gasteiger partial charge >= 0.3 is 0 Å². The first-order chi connectivity index (χ1) is 6.11. The van der Waals surface area contributed by atoms with Crippen molar-refractivity contribution in [2.24, 2.45) is 10.7 Å². The van der Waals surface area contributed by atoms with E-state index in [-0.39, 0.29) is 5.88 Å². The van der Waals surface area contributed by atoms with Gasteiger partial charge in [0.2, 0.25) is 0 Å². The highest BCUT2D eigenvalue weighted by atomic mass is 79.9. The second-order valence-electron chi connectivity index (χ2n) is 2.36. The van der Waals surface area contributed by atoms with E-state index in [9.17, 15) is 0 Å². The zero-order chi connectivity index (χ0) is 9.84. The summed E-state index contributed by atoms with van der Waals surface area (Å²) in [5, 5.41) is 0. The molecule has 2 N–H and O–H groups in total. The second kappa shape index (κ2) is 4.98. The highest BCUT2D eigenvalue weighted by Crippen LogP contribution is 2.25. The number of nitrogens with two attached hydrogens (primary N) is 1. The molecule has 0 aliphatic heterocycles. The van der Waals surface area contributed by atoms with Crippen LogP contribution in [-0.4, -0.2) is 11.7 Å². The molecular formula is C8H7Br2ClN2. The third kappa shape index (κ3) is 3.67. The van der Waals surface area contributed by atoms with Crippen LogP contribution in [0.3, 0.4) is 0 Å². The standard InChI is InChI=1S/C8H7Br2ClN2/c9-5-1-6(10)3-7(2-5)13-8(12)4-11/h1-3H,4H2,(H2,12,13). The normalized spacial score (nSPS) is 11.8. The number of nitrogens with zero attached hydrogens (tertiary/aromatic N) is 1. The van der Waals surface area contributed by atoms with E-state index in [0.29, 0.717) is 5.84 Å². The van der Waals surface area contributed by atoms with Crippen LogP contribution in [0.4, 0.5) is 5.69 Å². The molecule has 0 amide bonds. The first-order valence-corrected chi connectivity index (χ1v) is 5.59. The van der Waals surface area contributed by atoms with Crippen molar-refractivity contribution in [1.82, 2.24) is 0 Å². The van der Waals surface area contributed by atoms with E-state index in [0.717, 1.165) is 14.6 Å². The SMILES string of the molecule is NC(CCl)=Nc1cc(Br)cc(Br)c1. The number of halogens is 3. The van der Waals surface area contributed by atoms with Crippen molar-refractivity contribution in [2.45, 2.75) is 0 Å². The van der Waals surface area contributed by atoms with Gasteiger partial charge in [-0.3, -0.25) is 0 Å². The first-order valence-electron chi connectivity index (χ1n) is 3.47. The fourth-order valence-electron chi connectivity index (χ4n) is 0.800. The van der Waals surface area contributed by atoms with Gasteiger partial charge < -0.3 is 5.73 Å². The number of rotatable bonds is 2. The van der Waals surface area contributed by atoms with E-state index >= 15 is 0 Å². The van der Waals surface area contributed by atoms with E-state index < -0.39 is 0 Å². The number of benzene rings is 1. The van der Waals surface area contributed by atoms with Crippen LogP contribution in [0.5, 0.6) is 0 Å². The summed E-state index contributed by atoms with van der Waals surface area (Å²) in [4.78, 5) is 4.10. The number of aliphatic imine (C=N–C) groups is 1. The van der Waals surface area contributed by atoms with Gasteiger partial charge in [0.15, 0.2) is 0 Å². The predicted octanol–water partition coefficient (Wildman–Crippen LogP) is 3.44. The third-order valence-electron chi connectivity index (χ3n) is 1.26. The van der Waals surface area contributed by atoms with Crippen molar-refractivity contribution < 1.29 is 0 Å². The van der Waals surface area contributed by atoms with E-state index in [4.69, 9.17) is 17.3 Å². The Bertz CT molecular complexity index is 319. The van der Waals surface area contributed by atoms with Gasteiger partial charge in [0.1, 0.15) is 5.84 Å². The topological polar surface area (TPSA) is 38.4 Å². The Hall–Kier alpha value is -0.0600. The minimum absolute atomic E-state index is 0.240. The van der Waals surface area contributed by atoms with E-state index in [2.05, 4.69) is 36.9 Å². The monoisotopic (exact) mass is 324 g/mol. The molecule has 0 aliphatic rings. The summed E-state index contributed by atoms with van der Waals surface area (Å²) in [5.41, 5.74) is 6.27. The molecule has 0 aromatic heterocycles. The minimum atomic E-state index is 0.240. The van der Waals surface area contributed by atoms with Crippen LogP contribution in [0, 0.1) is 0 Å². The van der Waals surface area contributed by atoms with Crippen molar-refractivity contribution in [3.8, 4) is 0 Å². The third-order valence-corrected chi connectivity index (χ3v) is 2.45. The highest BCUT2D eigenvalue weighted by molar-refractivity contribution is 9.11. The van der Waals surface area contributed by atoms with Crippen molar-refractivity contribution in [3.05, 3.63) is 27.1 Å². The molecule has 2 nitrogen and oxygen atoms in total. The van der Waals surface area contributed by atoms with Crippen molar-refractivity contribution in [1.29, 1.82) is 0 Å².